The van der Waals surface area contributed by atoms with Gasteiger partial charge in [-0.05, 0) is 24.6 Å². The van der Waals surface area contributed by atoms with Crippen LogP contribution in [0.25, 0.3) is 0 Å². The molecule has 0 aliphatic carbocycles. The lowest BCUT2D eigenvalue weighted by Crippen LogP contribution is -2.46. The van der Waals surface area contributed by atoms with Crippen LogP contribution in [0.2, 0.25) is 5.02 Å². The van der Waals surface area contributed by atoms with Crippen molar-refractivity contribution in [1.82, 2.24) is 4.31 Å². The Morgan fingerprint density at radius 3 is 2.85 bits per heavy atom. The normalized spacial score (nSPS) is 21.1. The Kier molecular flexibility index (Phi) is 4.55. The summed E-state index contributed by atoms with van der Waals surface area (Å²) in [5.74, 6) is 0. The molecule has 1 aromatic rings. The largest absolute Gasteiger partial charge is 0.397 e. The van der Waals surface area contributed by atoms with Crippen LogP contribution in [0.3, 0.4) is 0 Å². The molecular formula is C12H17ClN2O4S. The van der Waals surface area contributed by atoms with Crippen molar-refractivity contribution in [1.29, 1.82) is 0 Å². The predicted molar refractivity (Wildman–Crippen MR) is 76.2 cm³/mol. The Balaban J connectivity index is 2.35. The van der Waals surface area contributed by atoms with E-state index >= 15 is 0 Å². The van der Waals surface area contributed by atoms with Crippen LogP contribution >= 0.6 is 11.6 Å². The number of nitrogens with zero attached hydrogens (tertiary/aromatic N) is 1. The van der Waals surface area contributed by atoms with E-state index < -0.39 is 16.1 Å². The van der Waals surface area contributed by atoms with Gasteiger partial charge in [-0.3, -0.25) is 0 Å². The van der Waals surface area contributed by atoms with Gasteiger partial charge in [-0.25, -0.2) is 8.42 Å². The maximum atomic E-state index is 12.6. The maximum Gasteiger partial charge on any atom is 0.243 e. The average molecular weight is 321 g/mol. The second-order valence-electron chi connectivity index (χ2n) is 4.68. The van der Waals surface area contributed by atoms with Gasteiger partial charge in [0.15, 0.2) is 0 Å². The summed E-state index contributed by atoms with van der Waals surface area (Å²) in [4.78, 5) is 0.107. The lowest BCUT2D eigenvalue weighted by molar-refractivity contribution is -0.0304. The molecule has 1 aromatic carbocycles. The van der Waals surface area contributed by atoms with Gasteiger partial charge < -0.3 is 15.6 Å². The number of aliphatic hydroxyl groups is 1. The number of anilines is 1. The van der Waals surface area contributed by atoms with E-state index in [0.29, 0.717) is 10.6 Å². The first-order valence-electron chi connectivity index (χ1n) is 6.14. The van der Waals surface area contributed by atoms with Crippen molar-refractivity contribution in [2.75, 3.05) is 32.0 Å². The number of nitrogens with two attached hydrogens (primary N) is 1. The van der Waals surface area contributed by atoms with Gasteiger partial charge in [0.1, 0.15) is 0 Å². The third-order valence-corrected chi connectivity index (χ3v) is 5.56. The van der Waals surface area contributed by atoms with Crippen LogP contribution in [0.5, 0.6) is 0 Å². The van der Waals surface area contributed by atoms with Crippen molar-refractivity contribution in [3.63, 3.8) is 0 Å². The number of morpholine rings is 1. The zero-order valence-electron chi connectivity index (χ0n) is 11.0. The lowest BCUT2D eigenvalue weighted by atomic mass is 10.2. The average Bonchev–Trinajstić information content (AvgIpc) is 2.44. The van der Waals surface area contributed by atoms with Crippen LogP contribution in [0.4, 0.5) is 5.69 Å². The molecule has 1 fully saturated rings. The van der Waals surface area contributed by atoms with E-state index in [1.165, 1.54) is 16.4 Å². The van der Waals surface area contributed by atoms with Crippen molar-refractivity contribution in [2.24, 2.45) is 0 Å². The fourth-order valence-electron chi connectivity index (χ4n) is 2.08. The monoisotopic (exact) mass is 320 g/mol. The Labute approximate surface area is 123 Å². The van der Waals surface area contributed by atoms with Crippen molar-refractivity contribution in [2.45, 2.75) is 17.9 Å². The molecule has 1 atom stereocenters. The van der Waals surface area contributed by atoms with Gasteiger partial charge in [0.25, 0.3) is 0 Å². The van der Waals surface area contributed by atoms with Crippen molar-refractivity contribution in [3.05, 3.63) is 22.7 Å². The van der Waals surface area contributed by atoms with Crippen molar-refractivity contribution >= 4 is 27.3 Å². The molecule has 8 heteroatoms. The molecule has 1 heterocycles. The number of aryl methyl sites for hydroxylation is 1. The highest BCUT2D eigenvalue weighted by atomic mass is 35.5. The molecule has 0 radical (unpaired) electrons. The van der Waals surface area contributed by atoms with Crippen LogP contribution in [0, 0.1) is 6.92 Å². The molecule has 0 aromatic heterocycles. The summed E-state index contributed by atoms with van der Waals surface area (Å²) in [6.07, 6.45) is -0.496. The lowest BCUT2D eigenvalue weighted by Gasteiger charge is -2.31. The molecule has 0 saturated carbocycles. The predicted octanol–water partition coefficient (Wildman–Crippen LogP) is 0.612. The number of nitrogen functional groups attached to an aromatic ring is 1. The standard InChI is InChI=1S/C12H17ClN2O4S/c1-8-4-10(5-11(14)12(8)13)20(17,18)15-2-3-19-9(6-15)7-16/h4-5,9,16H,2-3,6-7,14H2,1H3. The van der Waals surface area contributed by atoms with Crippen molar-refractivity contribution in [3.8, 4) is 0 Å². The minimum absolute atomic E-state index is 0.107. The minimum Gasteiger partial charge on any atom is -0.397 e. The Morgan fingerprint density at radius 1 is 1.55 bits per heavy atom. The molecule has 6 nitrogen and oxygen atoms in total. The Hall–Kier alpha value is -0.860. The molecule has 0 bridgehead atoms. The number of halogens is 1. The summed E-state index contributed by atoms with van der Waals surface area (Å²) < 4.78 is 31.7. The van der Waals surface area contributed by atoms with Gasteiger partial charge in [0, 0.05) is 13.1 Å². The quantitative estimate of drug-likeness (QED) is 0.796. The van der Waals surface area contributed by atoms with Gasteiger partial charge in [0.2, 0.25) is 10.0 Å². The van der Waals surface area contributed by atoms with E-state index in [0.717, 1.165) is 0 Å². The highest BCUT2D eigenvalue weighted by molar-refractivity contribution is 7.89. The first kappa shape index (κ1) is 15.5. The Morgan fingerprint density at radius 2 is 2.25 bits per heavy atom. The second kappa shape index (κ2) is 5.87. The third-order valence-electron chi connectivity index (χ3n) is 3.20. The Bertz CT molecular complexity index is 582. The highest BCUT2D eigenvalue weighted by Gasteiger charge is 2.31. The molecule has 0 spiro atoms. The van der Waals surface area contributed by atoms with Crippen LogP contribution in [-0.4, -0.2) is 50.2 Å². The zero-order chi connectivity index (χ0) is 14.9. The number of sulfonamides is 1. The van der Waals surface area contributed by atoms with E-state index in [-0.39, 0.29) is 36.9 Å². The zero-order valence-corrected chi connectivity index (χ0v) is 12.6. The molecule has 1 aliphatic heterocycles. The van der Waals surface area contributed by atoms with Crippen molar-refractivity contribution < 1.29 is 18.3 Å². The van der Waals surface area contributed by atoms with Gasteiger partial charge in [-0.15, -0.1) is 0 Å². The molecular weight excluding hydrogens is 304 g/mol. The second-order valence-corrected chi connectivity index (χ2v) is 7.00. The summed E-state index contributed by atoms with van der Waals surface area (Å²) in [5.41, 5.74) is 6.56. The number of rotatable bonds is 3. The van der Waals surface area contributed by atoms with E-state index in [1.807, 2.05) is 0 Å². The smallest absolute Gasteiger partial charge is 0.243 e. The SMILES string of the molecule is Cc1cc(S(=O)(=O)N2CCOC(CO)C2)cc(N)c1Cl. The van der Waals surface area contributed by atoms with Crippen LogP contribution < -0.4 is 5.73 Å². The molecule has 112 valence electrons. The fraction of sp³-hybridized carbons (Fsp3) is 0.500. The third kappa shape index (κ3) is 2.91. The summed E-state index contributed by atoms with van der Waals surface area (Å²) in [6.45, 7) is 2.12. The van der Waals surface area contributed by atoms with E-state index in [4.69, 9.17) is 27.2 Å². The summed E-state index contributed by atoms with van der Waals surface area (Å²) in [5, 5.41) is 9.45. The van der Waals surface area contributed by atoms with Gasteiger partial charge in [-0.1, -0.05) is 11.6 Å². The number of ether oxygens (including phenoxy) is 1. The summed E-state index contributed by atoms with van der Waals surface area (Å²) in [6, 6.07) is 2.85. The molecule has 1 unspecified atom stereocenters. The van der Waals surface area contributed by atoms with Crippen LogP contribution in [-0.2, 0) is 14.8 Å². The number of benzene rings is 1. The van der Waals surface area contributed by atoms with E-state index in [9.17, 15) is 8.42 Å². The van der Waals surface area contributed by atoms with Gasteiger partial charge in [0.05, 0.1) is 34.9 Å². The fourth-order valence-corrected chi connectivity index (χ4v) is 3.77. The summed E-state index contributed by atoms with van der Waals surface area (Å²) in [7, 11) is -3.66. The topological polar surface area (TPSA) is 92.9 Å². The van der Waals surface area contributed by atoms with Gasteiger partial charge >= 0.3 is 0 Å². The molecule has 1 saturated heterocycles. The van der Waals surface area contributed by atoms with Gasteiger partial charge in [-0.2, -0.15) is 4.31 Å². The highest BCUT2D eigenvalue weighted by Crippen LogP contribution is 2.28. The van der Waals surface area contributed by atoms with Crippen LogP contribution in [0.15, 0.2) is 17.0 Å². The first-order chi connectivity index (χ1) is 9.36. The molecule has 20 heavy (non-hydrogen) atoms. The van der Waals surface area contributed by atoms with E-state index in [1.54, 1.807) is 6.92 Å². The summed E-state index contributed by atoms with van der Waals surface area (Å²) >= 11 is 5.94. The molecule has 2 rings (SSSR count). The number of hydrogen-bond donors (Lipinski definition) is 2. The minimum atomic E-state index is -3.66. The maximum absolute atomic E-state index is 12.6. The molecule has 1 aliphatic rings. The van der Waals surface area contributed by atoms with Crippen LogP contribution in [0.1, 0.15) is 5.56 Å². The van der Waals surface area contributed by atoms with E-state index in [2.05, 4.69) is 0 Å². The number of hydrogen-bond acceptors (Lipinski definition) is 5. The molecule has 0 amide bonds. The first-order valence-corrected chi connectivity index (χ1v) is 7.96. The molecule has 3 N–H and O–H groups in total. The number of aliphatic hydroxyl groups excluding tert-OH is 1.